The van der Waals surface area contributed by atoms with Crippen LogP contribution in [0.1, 0.15) is 43.9 Å². The molecule has 3 heterocycles. The zero-order valence-corrected chi connectivity index (χ0v) is 17.2. The van der Waals surface area contributed by atoms with Crippen LogP contribution in [0.2, 0.25) is 0 Å². The van der Waals surface area contributed by atoms with Gasteiger partial charge in [-0.3, -0.25) is 9.79 Å². The first kappa shape index (κ1) is 19.4. The van der Waals surface area contributed by atoms with Crippen LogP contribution in [0, 0.1) is 0 Å². The van der Waals surface area contributed by atoms with Crippen molar-refractivity contribution in [2.45, 2.75) is 44.6 Å². The lowest BCUT2D eigenvalue weighted by Gasteiger charge is -2.42. The second-order valence-corrected chi connectivity index (χ2v) is 7.92. The summed E-state index contributed by atoms with van der Waals surface area (Å²) in [6, 6.07) is 14.5. The first-order valence-electron chi connectivity index (χ1n) is 10.6. The summed E-state index contributed by atoms with van der Waals surface area (Å²) < 4.78 is 2.18. The molecule has 4 rings (SSSR count). The van der Waals surface area contributed by atoms with Crippen molar-refractivity contribution in [3.63, 3.8) is 0 Å². The molecule has 0 atom stereocenters. The Morgan fingerprint density at radius 3 is 2.66 bits per heavy atom. The van der Waals surface area contributed by atoms with Crippen LogP contribution in [0.4, 0.5) is 0 Å². The lowest BCUT2D eigenvalue weighted by atomic mass is 9.83. The maximum atomic E-state index is 12.8. The Bertz CT molecular complexity index is 943. The summed E-state index contributed by atoms with van der Waals surface area (Å²) >= 11 is 0. The fraction of sp³-hybridized carbons (Fsp3) is 0.360. The lowest BCUT2D eigenvalue weighted by Crippen LogP contribution is -2.46. The number of aryl methyl sites for hydroxylation is 1. The fourth-order valence-electron chi connectivity index (χ4n) is 4.38. The highest BCUT2D eigenvalue weighted by Crippen LogP contribution is 2.41. The van der Waals surface area contributed by atoms with Crippen molar-refractivity contribution in [2.75, 3.05) is 13.1 Å². The number of hydrogen-bond donors (Lipinski definition) is 0. The van der Waals surface area contributed by atoms with Crippen molar-refractivity contribution >= 4 is 17.3 Å². The van der Waals surface area contributed by atoms with E-state index in [1.54, 1.807) is 0 Å². The predicted octanol–water partition coefficient (Wildman–Crippen LogP) is 4.83. The Kier molecular flexibility index (Phi) is 5.52. The van der Waals surface area contributed by atoms with Crippen LogP contribution in [0.5, 0.6) is 0 Å². The van der Waals surface area contributed by atoms with Gasteiger partial charge >= 0.3 is 0 Å². The van der Waals surface area contributed by atoms with Gasteiger partial charge in [0.2, 0.25) is 5.91 Å². The molecule has 29 heavy (non-hydrogen) atoms. The van der Waals surface area contributed by atoms with Crippen LogP contribution in [0.3, 0.4) is 0 Å². The highest BCUT2D eigenvalue weighted by molar-refractivity contribution is 6.25. The number of aromatic nitrogens is 1. The molecule has 1 aromatic heterocycles. The van der Waals surface area contributed by atoms with Gasteiger partial charge in [0.1, 0.15) is 5.54 Å². The van der Waals surface area contributed by atoms with Crippen molar-refractivity contribution in [3.8, 4) is 0 Å². The molecular formula is C25H29N3O. The average Bonchev–Trinajstić information content (AvgIpc) is 3.26. The van der Waals surface area contributed by atoms with Gasteiger partial charge in [0, 0.05) is 25.7 Å². The summed E-state index contributed by atoms with van der Waals surface area (Å²) in [5.74, 6) is 0.245. The van der Waals surface area contributed by atoms with Crippen molar-refractivity contribution < 1.29 is 4.79 Å². The summed E-state index contributed by atoms with van der Waals surface area (Å²) in [7, 11) is 0. The van der Waals surface area contributed by atoms with Gasteiger partial charge in [0.05, 0.1) is 17.1 Å². The standard InChI is InChI=1S/C25H29N3O/c1-3-4-11-22-20(2)28-17-8-12-23(28)25(26-22)15-18-27(19-16-25)24(29)14-13-21-9-6-5-7-10-21/h4-12,17H,2-3,13-16,18-19H2,1H3/b11-4-. The van der Waals surface area contributed by atoms with Gasteiger partial charge in [0.25, 0.3) is 0 Å². The lowest BCUT2D eigenvalue weighted by molar-refractivity contribution is -0.132. The van der Waals surface area contributed by atoms with E-state index in [0.717, 1.165) is 50.2 Å². The second kappa shape index (κ2) is 8.24. The molecule has 1 fully saturated rings. The number of likely N-dealkylation sites (tertiary alicyclic amines) is 1. The summed E-state index contributed by atoms with van der Waals surface area (Å²) in [5.41, 5.74) is 4.05. The Morgan fingerprint density at radius 2 is 1.93 bits per heavy atom. The number of allylic oxidation sites excluding steroid dienone is 3. The van der Waals surface area contributed by atoms with E-state index >= 15 is 0 Å². The minimum Gasteiger partial charge on any atom is -0.342 e. The van der Waals surface area contributed by atoms with Gasteiger partial charge in [-0.05, 0) is 49.5 Å². The van der Waals surface area contributed by atoms with E-state index in [4.69, 9.17) is 4.99 Å². The first-order valence-corrected chi connectivity index (χ1v) is 10.6. The SMILES string of the molecule is C=C1C(/C=C\CC)=NC2(CCN(C(=O)CCc3ccccc3)CC2)c2cccn21. The molecule has 0 unspecified atom stereocenters. The number of carbonyl (C=O) groups is 1. The molecule has 1 spiro atoms. The van der Waals surface area contributed by atoms with Gasteiger partial charge in [0.15, 0.2) is 0 Å². The summed E-state index contributed by atoms with van der Waals surface area (Å²) in [6.07, 6.45) is 10.3. The first-order chi connectivity index (χ1) is 14.1. The summed E-state index contributed by atoms with van der Waals surface area (Å²) in [5, 5.41) is 0. The number of amides is 1. The summed E-state index contributed by atoms with van der Waals surface area (Å²) in [4.78, 5) is 19.9. The monoisotopic (exact) mass is 387 g/mol. The molecule has 0 bridgehead atoms. The molecule has 150 valence electrons. The number of hydrogen-bond acceptors (Lipinski definition) is 2. The minimum atomic E-state index is -0.256. The quantitative estimate of drug-likeness (QED) is 0.724. The van der Waals surface area contributed by atoms with Gasteiger partial charge in [-0.2, -0.15) is 0 Å². The van der Waals surface area contributed by atoms with Gasteiger partial charge in [-0.15, -0.1) is 0 Å². The van der Waals surface area contributed by atoms with Crippen molar-refractivity contribution in [3.05, 3.63) is 78.6 Å². The number of nitrogens with zero attached hydrogens (tertiary/aromatic N) is 3. The summed E-state index contributed by atoms with van der Waals surface area (Å²) in [6.45, 7) is 7.88. The third-order valence-corrected chi connectivity index (χ3v) is 6.07. The third kappa shape index (κ3) is 3.84. The number of piperidine rings is 1. The van der Waals surface area contributed by atoms with E-state index in [1.807, 2.05) is 23.1 Å². The largest absolute Gasteiger partial charge is 0.342 e. The van der Waals surface area contributed by atoms with Gasteiger partial charge in [-0.25, -0.2) is 0 Å². The van der Waals surface area contributed by atoms with Crippen LogP contribution < -0.4 is 0 Å². The fourth-order valence-corrected chi connectivity index (χ4v) is 4.38. The molecule has 0 N–H and O–H groups in total. The maximum Gasteiger partial charge on any atom is 0.222 e. The van der Waals surface area contributed by atoms with Crippen LogP contribution in [0.15, 0.2) is 72.4 Å². The van der Waals surface area contributed by atoms with Crippen molar-refractivity contribution in [1.29, 1.82) is 0 Å². The van der Waals surface area contributed by atoms with E-state index in [1.165, 1.54) is 11.3 Å². The van der Waals surface area contributed by atoms with Crippen molar-refractivity contribution in [2.24, 2.45) is 4.99 Å². The zero-order valence-electron chi connectivity index (χ0n) is 17.2. The second-order valence-electron chi connectivity index (χ2n) is 7.92. The average molecular weight is 388 g/mol. The molecule has 0 aliphatic carbocycles. The number of fused-ring (bicyclic) bond motifs is 2. The highest BCUT2D eigenvalue weighted by atomic mass is 16.2. The molecule has 0 radical (unpaired) electrons. The Balaban J connectivity index is 1.47. The molecule has 4 nitrogen and oxygen atoms in total. The Hall–Kier alpha value is -2.88. The van der Waals surface area contributed by atoms with Gasteiger partial charge < -0.3 is 9.47 Å². The van der Waals surface area contributed by atoms with Crippen molar-refractivity contribution in [1.82, 2.24) is 9.47 Å². The molecule has 1 saturated heterocycles. The molecule has 1 aromatic carbocycles. The molecule has 1 amide bonds. The number of benzene rings is 1. The molecular weight excluding hydrogens is 358 g/mol. The number of aliphatic imine (C=N–C) groups is 1. The van der Waals surface area contributed by atoms with Crippen LogP contribution in [0.25, 0.3) is 5.70 Å². The molecule has 0 saturated carbocycles. The maximum absolute atomic E-state index is 12.8. The van der Waals surface area contributed by atoms with E-state index in [9.17, 15) is 4.79 Å². The smallest absolute Gasteiger partial charge is 0.222 e. The normalized spacial score (nSPS) is 18.2. The topological polar surface area (TPSA) is 37.6 Å². The van der Waals surface area contributed by atoms with E-state index < -0.39 is 0 Å². The van der Waals surface area contributed by atoms with E-state index in [0.29, 0.717) is 6.42 Å². The molecule has 2 aliphatic heterocycles. The van der Waals surface area contributed by atoms with E-state index in [2.05, 4.69) is 60.7 Å². The molecule has 2 aromatic rings. The minimum absolute atomic E-state index is 0.245. The highest BCUT2D eigenvalue weighted by Gasteiger charge is 2.41. The van der Waals surface area contributed by atoms with Gasteiger partial charge in [-0.1, -0.05) is 49.9 Å². The van der Waals surface area contributed by atoms with E-state index in [-0.39, 0.29) is 11.4 Å². The van der Waals surface area contributed by atoms with Crippen LogP contribution in [-0.4, -0.2) is 34.2 Å². The molecule has 2 aliphatic rings. The van der Waals surface area contributed by atoms with Crippen LogP contribution >= 0.6 is 0 Å². The number of rotatable bonds is 5. The predicted molar refractivity (Wildman–Crippen MR) is 119 cm³/mol. The Morgan fingerprint density at radius 1 is 1.17 bits per heavy atom. The van der Waals surface area contributed by atoms with Crippen LogP contribution in [-0.2, 0) is 16.8 Å². The third-order valence-electron chi connectivity index (χ3n) is 6.07. The molecule has 4 heteroatoms. The zero-order chi connectivity index (χ0) is 20.3. The number of carbonyl (C=O) groups excluding carboxylic acids is 1. The Labute approximate surface area is 173 Å².